The SMILES string of the molecule is O=C(Nc1ccc(C(=O)C2C[C@H]3CCCCC3Cc3ccccc32)c(Cl)c1)c1ccccc1-c1ccccc1. The fourth-order valence-electron chi connectivity index (χ4n) is 6.61. The van der Waals surface area contributed by atoms with Gasteiger partial charge in [0.2, 0.25) is 0 Å². The number of carbonyl (C=O) groups is 2. The molecule has 1 amide bonds. The summed E-state index contributed by atoms with van der Waals surface area (Å²) in [4.78, 5) is 27.3. The van der Waals surface area contributed by atoms with Crippen LogP contribution in [0.2, 0.25) is 5.02 Å². The van der Waals surface area contributed by atoms with Gasteiger partial charge in [-0.25, -0.2) is 0 Å². The number of amides is 1. The first-order valence-corrected chi connectivity index (χ1v) is 14.3. The normalized spacial score (nSPS) is 20.3. The number of benzene rings is 4. The molecule has 4 aromatic carbocycles. The second kappa shape index (κ2) is 11.2. The lowest BCUT2D eigenvalue weighted by atomic mass is 9.74. The summed E-state index contributed by atoms with van der Waals surface area (Å²) in [6.45, 7) is 0. The van der Waals surface area contributed by atoms with Crippen molar-refractivity contribution in [2.75, 3.05) is 5.32 Å². The smallest absolute Gasteiger partial charge is 0.256 e. The lowest BCUT2D eigenvalue weighted by Gasteiger charge is -2.31. The fraction of sp³-hybridized carbons (Fsp3) is 0.257. The van der Waals surface area contributed by atoms with E-state index in [2.05, 4.69) is 23.5 Å². The summed E-state index contributed by atoms with van der Waals surface area (Å²) in [6.07, 6.45) is 6.94. The van der Waals surface area contributed by atoms with Crippen molar-refractivity contribution in [2.24, 2.45) is 11.8 Å². The second-order valence-electron chi connectivity index (χ2n) is 10.9. The Morgan fingerprint density at radius 2 is 1.46 bits per heavy atom. The summed E-state index contributed by atoms with van der Waals surface area (Å²) in [7, 11) is 0. The van der Waals surface area contributed by atoms with Crippen LogP contribution in [-0.2, 0) is 6.42 Å². The van der Waals surface area contributed by atoms with Gasteiger partial charge in [0.1, 0.15) is 0 Å². The second-order valence-corrected chi connectivity index (χ2v) is 11.3. The zero-order chi connectivity index (χ0) is 26.8. The van der Waals surface area contributed by atoms with Crippen LogP contribution in [0, 0.1) is 11.8 Å². The molecule has 0 bridgehead atoms. The highest BCUT2D eigenvalue weighted by Crippen LogP contribution is 2.44. The van der Waals surface area contributed by atoms with E-state index >= 15 is 0 Å². The van der Waals surface area contributed by atoms with Gasteiger partial charge in [-0.1, -0.05) is 104 Å². The van der Waals surface area contributed by atoms with Crippen LogP contribution in [0.3, 0.4) is 0 Å². The maximum absolute atomic E-state index is 14.0. The van der Waals surface area contributed by atoms with Gasteiger partial charge in [-0.2, -0.15) is 0 Å². The molecule has 196 valence electrons. The summed E-state index contributed by atoms with van der Waals surface area (Å²) in [5, 5.41) is 3.35. The molecule has 3 atom stereocenters. The predicted octanol–water partition coefficient (Wildman–Crippen LogP) is 8.98. The van der Waals surface area contributed by atoms with Crippen molar-refractivity contribution in [3.8, 4) is 11.1 Å². The van der Waals surface area contributed by atoms with Crippen molar-refractivity contribution in [1.82, 2.24) is 0 Å². The molecule has 0 spiro atoms. The Morgan fingerprint density at radius 1 is 0.744 bits per heavy atom. The Kier molecular flexibility index (Phi) is 7.34. The molecule has 2 unspecified atom stereocenters. The first-order valence-electron chi connectivity index (χ1n) is 14.0. The maximum Gasteiger partial charge on any atom is 0.256 e. The van der Waals surface area contributed by atoms with Gasteiger partial charge >= 0.3 is 0 Å². The first-order chi connectivity index (χ1) is 19.1. The number of rotatable bonds is 5. The predicted molar refractivity (Wildman–Crippen MR) is 159 cm³/mol. The van der Waals surface area contributed by atoms with Gasteiger partial charge in [0.25, 0.3) is 5.91 Å². The lowest BCUT2D eigenvalue weighted by Crippen LogP contribution is -2.23. The quantitative estimate of drug-likeness (QED) is 0.260. The number of hydrogen-bond acceptors (Lipinski definition) is 2. The number of anilines is 1. The summed E-state index contributed by atoms with van der Waals surface area (Å²) in [6, 6.07) is 31.1. The molecule has 1 saturated carbocycles. The van der Waals surface area contributed by atoms with Gasteiger partial charge in [-0.3, -0.25) is 9.59 Å². The van der Waals surface area contributed by atoms with Gasteiger partial charge in [0.15, 0.2) is 5.78 Å². The average molecular weight is 534 g/mol. The molecule has 6 rings (SSSR count). The van der Waals surface area contributed by atoms with Gasteiger partial charge in [-0.15, -0.1) is 0 Å². The molecule has 0 aromatic heterocycles. The van der Waals surface area contributed by atoms with E-state index in [1.54, 1.807) is 18.2 Å². The zero-order valence-corrected chi connectivity index (χ0v) is 22.7. The van der Waals surface area contributed by atoms with E-state index in [-0.39, 0.29) is 17.6 Å². The Labute approximate surface area is 235 Å². The minimum atomic E-state index is -0.217. The highest BCUT2D eigenvalue weighted by atomic mass is 35.5. The van der Waals surface area contributed by atoms with E-state index in [9.17, 15) is 9.59 Å². The van der Waals surface area contributed by atoms with E-state index in [1.807, 2.05) is 60.7 Å². The van der Waals surface area contributed by atoms with Crippen LogP contribution in [-0.4, -0.2) is 11.7 Å². The Morgan fingerprint density at radius 3 is 2.28 bits per heavy atom. The van der Waals surface area contributed by atoms with E-state index in [0.717, 1.165) is 29.5 Å². The standard InChI is InChI=1S/C35H32ClNO2/c36-33-22-27(37-35(39)30-17-9-8-15-28(30)23-10-2-1-3-11-23)18-19-31(33)34(38)32-21-25-13-5-4-12-24(25)20-26-14-6-7-16-29(26)32/h1-3,6-11,14-19,22,24-25,32H,4-5,12-13,20-21H2,(H,37,39)/t24?,25-,32?/m1/s1. The number of ketones is 1. The molecule has 1 N–H and O–H groups in total. The van der Waals surface area contributed by atoms with Crippen molar-refractivity contribution in [3.05, 3.63) is 124 Å². The summed E-state index contributed by atoms with van der Waals surface area (Å²) in [5.74, 6) is 0.897. The number of fused-ring (bicyclic) bond motifs is 2. The highest BCUT2D eigenvalue weighted by Gasteiger charge is 2.36. The summed E-state index contributed by atoms with van der Waals surface area (Å²) in [5.41, 5.74) is 5.97. The summed E-state index contributed by atoms with van der Waals surface area (Å²) < 4.78 is 0. The van der Waals surface area contributed by atoms with E-state index in [1.165, 1.54) is 31.2 Å². The van der Waals surface area contributed by atoms with Gasteiger partial charge < -0.3 is 5.32 Å². The number of hydrogen-bond donors (Lipinski definition) is 1. The Balaban J connectivity index is 1.25. The molecular weight excluding hydrogens is 502 g/mol. The maximum atomic E-state index is 14.0. The minimum Gasteiger partial charge on any atom is -0.322 e. The topological polar surface area (TPSA) is 46.2 Å². The number of Topliss-reactive ketones (excluding diaryl/α,β-unsaturated/α-hetero) is 1. The van der Waals surface area contributed by atoms with Gasteiger partial charge in [0.05, 0.1) is 5.02 Å². The van der Waals surface area contributed by atoms with Crippen LogP contribution in [0.4, 0.5) is 5.69 Å². The lowest BCUT2D eigenvalue weighted by molar-refractivity contribution is 0.0934. The largest absolute Gasteiger partial charge is 0.322 e. The number of carbonyl (C=O) groups excluding carboxylic acids is 2. The van der Waals surface area contributed by atoms with Crippen LogP contribution in [0.1, 0.15) is 69.9 Å². The third-order valence-corrected chi connectivity index (χ3v) is 8.90. The van der Waals surface area contributed by atoms with E-state index < -0.39 is 0 Å². The summed E-state index contributed by atoms with van der Waals surface area (Å²) >= 11 is 6.73. The molecule has 4 heteroatoms. The third kappa shape index (κ3) is 5.29. The number of halogens is 1. The molecule has 0 saturated heterocycles. The monoisotopic (exact) mass is 533 g/mol. The molecule has 0 aliphatic heterocycles. The van der Waals surface area contributed by atoms with Crippen molar-refractivity contribution >= 4 is 29.0 Å². The first kappa shape index (κ1) is 25.6. The van der Waals surface area contributed by atoms with Crippen LogP contribution in [0.15, 0.2) is 97.1 Å². The fourth-order valence-corrected chi connectivity index (χ4v) is 6.89. The third-order valence-electron chi connectivity index (χ3n) is 8.58. The molecule has 4 aromatic rings. The average Bonchev–Trinajstić information content (AvgIpc) is 3.14. The van der Waals surface area contributed by atoms with Crippen LogP contribution >= 0.6 is 11.6 Å². The molecule has 0 radical (unpaired) electrons. The molecule has 0 heterocycles. The van der Waals surface area contributed by atoms with Crippen LogP contribution in [0.5, 0.6) is 0 Å². The van der Waals surface area contributed by atoms with E-state index in [0.29, 0.717) is 33.7 Å². The molecule has 3 nitrogen and oxygen atoms in total. The van der Waals surface area contributed by atoms with Crippen molar-refractivity contribution in [2.45, 2.75) is 44.4 Å². The van der Waals surface area contributed by atoms with Crippen molar-refractivity contribution in [1.29, 1.82) is 0 Å². The molecule has 39 heavy (non-hydrogen) atoms. The zero-order valence-electron chi connectivity index (χ0n) is 21.9. The minimum absolute atomic E-state index is 0.0750. The van der Waals surface area contributed by atoms with Crippen LogP contribution < -0.4 is 5.32 Å². The van der Waals surface area contributed by atoms with E-state index in [4.69, 9.17) is 11.6 Å². The van der Waals surface area contributed by atoms with Crippen molar-refractivity contribution in [3.63, 3.8) is 0 Å². The van der Waals surface area contributed by atoms with Crippen molar-refractivity contribution < 1.29 is 9.59 Å². The molecule has 2 aliphatic rings. The molecule has 2 aliphatic carbocycles. The van der Waals surface area contributed by atoms with Crippen LogP contribution in [0.25, 0.3) is 11.1 Å². The molecule has 1 fully saturated rings. The van der Waals surface area contributed by atoms with Gasteiger partial charge in [0, 0.05) is 22.7 Å². The Bertz CT molecular complexity index is 1510. The number of nitrogens with one attached hydrogen (secondary N) is 1. The molecular formula is C35H32ClNO2. The van der Waals surface area contributed by atoms with Gasteiger partial charge in [-0.05, 0) is 77.6 Å². The Hall–Kier alpha value is -3.69. The highest BCUT2D eigenvalue weighted by molar-refractivity contribution is 6.34.